The zero-order chi connectivity index (χ0) is 26.4. The first-order valence-electron chi connectivity index (χ1n) is 12.2. The highest BCUT2D eigenvalue weighted by Crippen LogP contribution is 2.51. The summed E-state index contributed by atoms with van der Waals surface area (Å²) in [6, 6.07) is 23.1. The van der Waals surface area contributed by atoms with Crippen LogP contribution in [0.4, 0.5) is 0 Å². The average Bonchev–Trinajstić information content (AvgIpc) is 2.88. The molecule has 1 atom stereocenters. The monoisotopic (exact) mass is 519 g/mol. The fraction of sp³-hybridized carbons (Fsp3) is 0.241. The molecule has 0 spiro atoms. The van der Waals surface area contributed by atoms with Crippen molar-refractivity contribution in [3.63, 3.8) is 0 Å². The van der Waals surface area contributed by atoms with Gasteiger partial charge in [0.1, 0.15) is 6.04 Å². The van der Waals surface area contributed by atoms with Gasteiger partial charge in [-0.3, -0.25) is 9.36 Å². The van der Waals surface area contributed by atoms with E-state index in [2.05, 4.69) is 11.4 Å². The van der Waals surface area contributed by atoms with E-state index in [1.165, 1.54) is 0 Å². The standard InChI is InChI=1S/C29H30NO6P/c1-3-35-37(34,36-4-2)19-20-13-15-21(16-14-20)28(31)30-27(29(32)33)18-26-24-11-7-5-9-22(24)17-23-10-6-8-12-25(23)26/h5-17,27H,3-4,18-19H2,1-2H3,(H,30,31)(H,32,33)/t27-/m1/s1. The van der Waals surface area contributed by atoms with Crippen LogP contribution in [0.25, 0.3) is 21.5 Å². The van der Waals surface area contributed by atoms with Crippen molar-refractivity contribution in [2.45, 2.75) is 32.5 Å². The molecule has 0 aromatic heterocycles. The first kappa shape index (κ1) is 26.6. The maximum atomic E-state index is 13.0. The van der Waals surface area contributed by atoms with Gasteiger partial charge in [0.15, 0.2) is 0 Å². The number of rotatable bonds is 11. The fourth-order valence-corrected chi connectivity index (χ4v) is 6.18. The molecule has 0 aliphatic rings. The van der Waals surface area contributed by atoms with E-state index in [1.807, 2.05) is 48.5 Å². The van der Waals surface area contributed by atoms with E-state index in [0.717, 1.165) is 27.1 Å². The normalized spacial score (nSPS) is 12.5. The highest BCUT2D eigenvalue weighted by Gasteiger charge is 2.25. The number of hydrogen-bond donors (Lipinski definition) is 2. The molecule has 1 amide bonds. The molecule has 0 aliphatic heterocycles. The zero-order valence-electron chi connectivity index (χ0n) is 20.8. The van der Waals surface area contributed by atoms with Gasteiger partial charge < -0.3 is 19.5 Å². The van der Waals surface area contributed by atoms with Gasteiger partial charge in [-0.05, 0) is 64.7 Å². The van der Waals surface area contributed by atoms with E-state index in [1.54, 1.807) is 38.1 Å². The van der Waals surface area contributed by atoms with Crippen LogP contribution in [0.1, 0.15) is 35.3 Å². The summed E-state index contributed by atoms with van der Waals surface area (Å²) in [6.07, 6.45) is 0.218. The minimum atomic E-state index is -3.27. The van der Waals surface area contributed by atoms with Crippen molar-refractivity contribution in [2.24, 2.45) is 0 Å². The number of benzene rings is 4. The fourth-order valence-electron chi connectivity index (χ4n) is 4.48. The lowest BCUT2D eigenvalue weighted by atomic mass is 9.92. The van der Waals surface area contributed by atoms with Crippen molar-refractivity contribution in [1.82, 2.24) is 5.32 Å². The average molecular weight is 520 g/mol. The van der Waals surface area contributed by atoms with Crippen molar-refractivity contribution in [1.29, 1.82) is 0 Å². The lowest BCUT2D eigenvalue weighted by Crippen LogP contribution is -2.42. The molecule has 4 aromatic carbocycles. The number of amides is 1. The number of hydrogen-bond acceptors (Lipinski definition) is 5. The molecule has 0 bridgehead atoms. The summed E-state index contributed by atoms with van der Waals surface area (Å²) in [6.45, 7) is 4.03. The first-order valence-corrected chi connectivity index (χ1v) is 14.0. The zero-order valence-corrected chi connectivity index (χ0v) is 21.7. The highest BCUT2D eigenvalue weighted by atomic mass is 31.2. The molecule has 0 saturated carbocycles. The second-order valence-corrected chi connectivity index (χ2v) is 10.7. The second kappa shape index (κ2) is 11.7. The summed E-state index contributed by atoms with van der Waals surface area (Å²) >= 11 is 0. The molecule has 0 saturated heterocycles. The Morgan fingerprint density at radius 3 is 1.92 bits per heavy atom. The van der Waals surface area contributed by atoms with Gasteiger partial charge in [0.25, 0.3) is 5.91 Å². The second-order valence-electron chi connectivity index (χ2n) is 8.67. The summed E-state index contributed by atoms with van der Waals surface area (Å²) < 4.78 is 23.5. The minimum Gasteiger partial charge on any atom is -0.480 e. The third-order valence-corrected chi connectivity index (χ3v) is 8.19. The van der Waals surface area contributed by atoms with Crippen LogP contribution >= 0.6 is 7.60 Å². The third-order valence-electron chi connectivity index (χ3n) is 6.14. The van der Waals surface area contributed by atoms with Crippen molar-refractivity contribution < 1.29 is 28.3 Å². The Kier molecular flexibility index (Phi) is 8.39. The van der Waals surface area contributed by atoms with Crippen LogP contribution in [0.15, 0.2) is 78.9 Å². The van der Waals surface area contributed by atoms with Crippen LogP contribution in [-0.4, -0.2) is 36.2 Å². The van der Waals surface area contributed by atoms with Crippen LogP contribution in [0.2, 0.25) is 0 Å². The van der Waals surface area contributed by atoms with Crippen LogP contribution in [-0.2, 0) is 31.0 Å². The summed E-state index contributed by atoms with van der Waals surface area (Å²) in [5, 5.41) is 16.6. The lowest BCUT2D eigenvalue weighted by Gasteiger charge is -2.18. The van der Waals surface area contributed by atoms with E-state index in [0.29, 0.717) is 11.1 Å². The molecule has 0 aliphatic carbocycles. The van der Waals surface area contributed by atoms with E-state index >= 15 is 0 Å². The van der Waals surface area contributed by atoms with Crippen LogP contribution in [0.5, 0.6) is 0 Å². The Hall–Kier alpha value is -3.51. The molecule has 37 heavy (non-hydrogen) atoms. The lowest BCUT2D eigenvalue weighted by molar-refractivity contribution is -0.139. The summed E-state index contributed by atoms with van der Waals surface area (Å²) in [5.41, 5.74) is 1.87. The number of nitrogens with one attached hydrogen (secondary N) is 1. The van der Waals surface area contributed by atoms with E-state index < -0.39 is 25.5 Å². The Labute approximate surface area is 215 Å². The van der Waals surface area contributed by atoms with Gasteiger partial charge >= 0.3 is 13.6 Å². The van der Waals surface area contributed by atoms with Gasteiger partial charge in [0.05, 0.1) is 19.4 Å². The maximum Gasteiger partial charge on any atom is 0.335 e. The number of carbonyl (C=O) groups excluding carboxylic acids is 1. The number of carboxylic acids is 1. The van der Waals surface area contributed by atoms with Gasteiger partial charge in [0, 0.05) is 12.0 Å². The van der Waals surface area contributed by atoms with Crippen molar-refractivity contribution in [3.05, 3.63) is 95.6 Å². The molecule has 8 heteroatoms. The largest absolute Gasteiger partial charge is 0.480 e. The topological polar surface area (TPSA) is 102 Å². The Morgan fingerprint density at radius 2 is 1.41 bits per heavy atom. The summed E-state index contributed by atoms with van der Waals surface area (Å²) in [4.78, 5) is 25.2. The van der Waals surface area contributed by atoms with Crippen LogP contribution in [0.3, 0.4) is 0 Å². The van der Waals surface area contributed by atoms with E-state index in [4.69, 9.17) is 9.05 Å². The van der Waals surface area contributed by atoms with Crippen LogP contribution < -0.4 is 5.32 Å². The Balaban J connectivity index is 1.56. The van der Waals surface area contributed by atoms with Crippen LogP contribution in [0, 0.1) is 0 Å². The molecular weight excluding hydrogens is 489 g/mol. The van der Waals surface area contributed by atoms with Crippen molar-refractivity contribution in [3.8, 4) is 0 Å². The van der Waals surface area contributed by atoms with Gasteiger partial charge in [0.2, 0.25) is 0 Å². The third kappa shape index (κ3) is 6.25. The Bertz CT molecular complexity index is 1400. The predicted molar refractivity (Wildman–Crippen MR) is 145 cm³/mol. The van der Waals surface area contributed by atoms with Gasteiger partial charge in [-0.25, -0.2) is 4.79 Å². The maximum absolute atomic E-state index is 13.0. The quantitative estimate of drug-likeness (QED) is 0.181. The minimum absolute atomic E-state index is 0.0858. The summed E-state index contributed by atoms with van der Waals surface area (Å²) in [5.74, 6) is -1.61. The van der Waals surface area contributed by atoms with Gasteiger partial charge in [-0.2, -0.15) is 0 Å². The molecule has 4 rings (SSSR count). The number of fused-ring (bicyclic) bond motifs is 2. The number of aliphatic carboxylic acids is 1. The van der Waals surface area contributed by atoms with Crippen molar-refractivity contribution in [2.75, 3.05) is 13.2 Å². The molecule has 192 valence electrons. The number of carbonyl (C=O) groups is 2. The molecule has 0 fully saturated rings. The van der Waals surface area contributed by atoms with Gasteiger partial charge in [-0.1, -0.05) is 60.7 Å². The molecule has 2 N–H and O–H groups in total. The molecular formula is C29H30NO6P. The molecule has 0 unspecified atom stereocenters. The highest BCUT2D eigenvalue weighted by molar-refractivity contribution is 7.53. The predicted octanol–water partition coefficient (Wildman–Crippen LogP) is 6.18. The SMILES string of the molecule is CCOP(=O)(Cc1ccc(C(=O)N[C@H](Cc2c3ccccc3cc3ccccc23)C(=O)O)cc1)OCC. The molecule has 0 heterocycles. The smallest absolute Gasteiger partial charge is 0.335 e. The first-order chi connectivity index (χ1) is 17.8. The molecule has 7 nitrogen and oxygen atoms in total. The van der Waals surface area contributed by atoms with Crippen molar-refractivity contribution >= 4 is 41.0 Å². The van der Waals surface area contributed by atoms with E-state index in [9.17, 15) is 19.3 Å². The Morgan fingerprint density at radius 1 is 0.865 bits per heavy atom. The molecule has 0 radical (unpaired) electrons. The molecule has 4 aromatic rings. The summed E-state index contributed by atoms with van der Waals surface area (Å²) in [7, 11) is -3.27. The van der Waals surface area contributed by atoms with Gasteiger partial charge in [-0.15, -0.1) is 0 Å². The number of carboxylic acid groups (broad SMARTS) is 1. The van der Waals surface area contributed by atoms with E-state index in [-0.39, 0.29) is 25.8 Å².